The summed E-state index contributed by atoms with van der Waals surface area (Å²) in [5.41, 5.74) is 0.503. The third-order valence-electron chi connectivity index (χ3n) is 2.38. The number of hydrogen-bond donors (Lipinski definition) is 2. The van der Waals surface area contributed by atoms with Gasteiger partial charge in [0.15, 0.2) is 17.3 Å². The summed E-state index contributed by atoms with van der Waals surface area (Å²) in [6, 6.07) is 4.62. The molecule has 0 amide bonds. The number of H-pyrrole nitrogens is 1. The largest absolute Gasteiger partial charge is 0.493 e. The molecule has 5 nitrogen and oxygen atoms in total. The van der Waals surface area contributed by atoms with Gasteiger partial charge in [0.05, 0.1) is 6.61 Å². The minimum atomic E-state index is -1.12. The lowest BCUT2D eigenvalue weighted by Crippen LogP contribution is -2.02. The molecular weight excluding hydrogens is 258 g/mol. The molecule has 0 atom stereocenters. The number of carbonyl (C=O) groups is 1. The molecule has 0 radical (unpaired) electrons. The summed E-state index contributed by atoms with van der Waals surface area (Å²) in [4.78, 5) is 10.6. The molecule has 0 saturated carbocycles. The third kappa shape index (κ3) is 3.27. The Morgan fingerprint density at radius 2 is 2.11 bits per heavy atom. The number of carboxylic acid groups (broad SMARTS) is 1. The van der Waals surface area contributed by atoms with E-state index in [0.717, 1.165) is 12.1 Å². The monoisotopic (exact) mass is 268 g/mol. The molecule has 0 spiro atoms. The lowest BCUT2D eigenvalue weighted by Gasteiger charge is -2.05. The van der Waals surface area contributed by atoms with Crippen LogP contribution >= 0.6 is 0 Å². The molecule has 0 aliphatic rings. The van der Waals surface area contributed by atoms with Gasteiger partial charge >= 0.3 is 5.97 Å². The number of nitrogens with one attached hydrogen (secondary N) is 1. The molecule has 1 heterocycles. The first-order valence-corrected chi connectivity index (χ1v) is 5.41. The van der Waals surface area contributed by atoms with Crippen LogP contribution in [0.1, 0.15) is 16.2 Å². The van der Waals surface area contributed by atoms with E-state index in [1.165, 1.54) is 12.1 Å². The van der Waals surface area contributed by atoms with Crippen molar-refractivity contribution in [1.82, 2.24) is 10.2 Å². The lowest BCUT2D eigenvalue weighted by atomic mass is 10.3. The second-order valence-corrected chi connectivity index (χ2v) is 3.76. The zero-order chi connectivity index (χ0) is 13.8. The molecule has 2 N–H and O–H groups in total. The highest BCUT2D eigenvalue weighted by atomic mass is 19.2. The molecule has 100 valence electrons. The number of aromatic nitrogens is 2. The zero-order valence-corrected chi connectivity index (χ0v) is 9.69. The number of carboxylic acids is 1. The number of nitrogens with zero attached hydrogens (tertiary/aromatic N) is 1. The number of hydrogen-bond acceptors (Lipinski definition) is 3. The molecule has 1 aromatic heterocycles. The summed E-state index contributed by atoms with van der Waals surface area (Å²) in [5, 5.41) is 14.8. The van der Waals surface area contributed by atoms with E-state index in [9.17, 15) is 13.6 Å². The van der Waals surface area contributed by atoms with E-state index in [2.05, 4.69) is 10.2 Å². The van der Waals surface area contributed by atoms with E-state index in [-0.39, 0.29) is 18.1 Å². The van der Waals surface area contributed by atoms with Crippen LogP contribution < -0.4 is 4.74 Å². The van der Waals surface area contributed by atoms with Crippen molar-refractivity contribution in [2.24, 2.45) is 0 Å². The Morgan fingerprint density at radius 1 is 1.32 bits per heavy atom. The van der Waals surface area contributed by atoms with E-state index in [1.807, 2.05) is 0 Å². The standard InChI is InChI=1S/C12H10F2N2O3/c13-9-2-1-8(6-10(9)14)19-4-3-7-5-11(12(17)18)16-15-7/h1-2,5-6H,3-4H2,(H,15,16)(H,17,18). The van der Waals surface area contributed by atoms with E-state index >= 15 is 0 Å². The number of benzene rings is 1. The van der Waals surface area contributed by atoms with E-state index in [4.69, 9.17) is 9.84 Å². The van der Waals surface area contributed by atoms with Gasteiger partial charge in [-0.1, -0.05) is 0 Å². The Bertz CT molecular complexity index is 598. The number of ether oxygens (including phenoxy) is 1. The first-order valence-electron chi connectivity index (χ1n) is 5.41. The minimum Gasteiger partial charge on any atom is -0.493 e. The highest BCUT2D eigenvalue weighted by Gasteiger charge is 2.08. The van der Waals surface area contributed by atoms with Crippen LogP contribution in [-0.2, 0) is 6.42 Å². The number of rotatable bonds is 5. The van der Waals surface area contributed by atoms with Crippen molar-refractivity contribution < 1.29 is 23.4 Å². The average Bonchev–Trinajstić information content (AvgIpc) is 2.83. The maximum atomic E-state index is 12.9. The van der Waals surface area contributed by atoms with Crippen LogP contribution in [0.5, 0.6) is 5.75 Å². The van der Waals surface area contributed by atoms with Crippen LogP contribution in [0, 0.1) is 11.6 Å². The van der Waals surface area contributed by atoms with Gasteiger partial charge in [0.25, 0.3) is 0 Å². The quantitative estimate of drug-likeness (QED) is 0.869. The molecule has 0 fully saturated rings. The fourth-order valence-corrected chi connectivity index (χ4v) is 1.44. The maximum Gasteiger partial charge on any atom is 0.356 e. The second-order valence-electron chi connectivity index (χ2n) is 3.76. The van der Waals surface area contributed by atoms with Crippen molar-refractivity contribution in [3.8, 4) is 5.75 Å². The molecule has 7 heteroatoms. The van der Waals surface area contributed by atoms with Gasteiger partial charge in [-0.3, -0.25) is 5.10 Å². The third-order valence-corrected chi connectivity index (χ3v) is 2.38. The topological polar surface area (TPSA) is 75.2 Å². The summed E-state index contributed by atoms with van der Waals surface area (Å²) in [6.07, 6.45) is 0.374. The second kappa shape index (κ2) is 5.47. The molecule has 19 heavy (non-hydrogen) atoms. The van der Waals surface area contributed by atoms with Gasteiger partial charge in [0, 0.05) is 18.2 Å². The number of aromatic carboxylic acids is 1. The van der Waals surface area contributed by atoms with Crippen LogP contribution in [-0.4, -0.2) is 27.9 Å². The summed E-state index contributed by atoms with van der Waals surface area (Å²) in [6.45, 7) is 0.187. The van der Waals surface area contributed by atoms with Crippen LogP contribution in [0.2, 0.25) is 0 Å². The van der Waals surface area contributed by atoms with Crippen LogP contribution in [0.25, 0.3) is 0 Å². The zero-order valence-electron chi connectivity index (χ0n) is 9.69. The Balaban J connectivity index is 1.88. The summed E-state index contributed by atoms with van der Waals surface area (Å²) < 4.78 is 30.8. The van der Waals surface area contributed by atoms with Gasteiger partial charge in [0.2, 0.25) is 0 Å². The van der Waals surface area contributed by atoms with E-state index < -0.39 is 17.6 Å². The van der Waals surface area contributed by atoms with Gasteiger partial charge in [-0.2, -0.15) is 5.10 Å². The van der Waals surface area contributed by atoms with Gasteiger partial charge in [0.1, 0.15) is 5.75 Å². The SMILES string of the molecule is O=C(O)c1cc(CCOc2ccc(F)c(F)c2)[nH]n1. The molecule has 0 aliphatic carbocycles. The molecule has 0 unspecified atom stereocenters. The lowest BCUT2D eigenvalue weighted by molar-refractivity contribution is 0.0690. The van der Waals surface area contributed by atoms with Crippen LogP contribution in [0.3, 0.4) is 0 Å². The molecule has 2 aromatic rings. The first-order chi connectivity index (χ1) is 9.06. The fourth-order valence-electron chi connectivity index (χ4n) is 1.44. The first kappa shape index (κ1) is 13.0. The van der Waals surface area contributed by atoms with E-state index in [0.29, 0.717) is 12.1 Å². The Kier molecular flexibility index (Phi) is 3.74. The molecule has 0 aliphatic heterocycles. The Labute approximate surface area is 106 Å². The highest BCUT2D eigenvalue weighted by molar-refractivity contribution is 5.85. The number of aromatic amines is 1. The fraction of sp³-hybridized carbons (Fsp3) is 0.167. The van der Waals surface area contributed by atoms with Crippen molar-refractivity contribution in [1.29, 1.82) is 0 Å². The highest BCUT2D eigenvalue weighted by Crippen LogP contribution is 2.15. The minimum absolute atomic E-state index is 0.0807. The van der Waals surface area contributed by atoms with Gasteiger partial charge in [-0.15, -0.1) is 0 Å². The smallest absolute Gasteiger partial charge is 0.356 e. The van der Waals surface area contributed by atoms with Crippen LogP contribution in [0.4, 0.5) is 8.78 Å². The van der Waals surface area contributed by atoms with Crippen LogP contribution in [0.15, 0.2) is 24.3 Å². The van der Waals surface area contributed by atoms with Gasteiger partial charge in [-0.05, 0) is 18.2 Å². The molecule has 2 rings (SSSR count). The van der Waals surface area contributed by atoms with Gasteiger partial charge in [-0.25, -0.2) is 13.6 Å². The number of halogens is 2. The average molecular weight is 268 g/mol. The molecular formula is C12H10F2N2O3. The van der Waals surface area contributed by atoms with Gasteiger partial charge < -0.3 is 9.84 Å². The summed E-state index contributed by atoms with van der Waals surface area (Å²) >= 11 is 0. The van der Waals surface area contributed by atoms with Crippen molar-refractivity contribution >= 4 is 5.97 Å². The summed E-state index contributed by atoms with van der Waals surface area (Å²) in [5.74, 6) is -2.83. The molecule has 0 bridgehead atoms. The van der Waals surface area contributed by atoms with Crippen molar-refractivity contribution in [2.75, 3.05) is 6.61 Å². The van der Waals surface area contributed by atoms with Crippen molar-refractivity contribution in [2.45, 2.75) is 6.42 Å². The Hall–Kier alpha value is -2.44. The predicted molar refractivity (Wildman–Crippen MR) is 61.1 cm³/mol. The van der Waals surface area contributed by atoms with E-state index in [1.54, 1.807) is 0 Å². The van der Waals surface area contributed by atoms with Crippen molar-refractivity contribution in [3.05, 3.63) is 47.3 Å². The van der Waals surface area contributed by atoms with Crippen molar-refractivity contribution in [3.63, 3.8) is 0 Å². The maximum absolute atomic E-state index is 12.9. The molecule has 0 saturated heterocycles. The predicted octanol–water partition coefficient (Wildman–Crippen LogP) is 2.01. The summed E-state index contributed by atoms with van der Waals surface area (Å²) in [7, 11) is 0. The normalized spacial score (nSPS) is 10.4. The Morgan fingerprint density at radius 3 is 2.74 bits per heavy atom. The molecule has 1 aromatic carbocycles.